The summed E-state index contributed by atoms with van der Waals surface area (Å²) in [5, 5.41) is 0. The molecule has 2 aliphatic rings. The smallest absolute Gasteiger partial charge is 0.310 e. The van der Waals surface area contributed by atoms with Crippen LogP contribution in [0.4, 0.5) is 4.39 Å². The minimum Gasteiger partial charge on any atom is -0.490 e. The summed E-state index contributed by atoms with van der Waals surface area (Å²) in [6.45, 7) is 10.1. The fourth-order valence-electron chi connectivity index (χ4n) is 5.46. The summed E-state index contributed by atoms with van der Waals surface area (Å²) < 4.78 is 26.1. The highest BCUT2D eigenvalue weighted by Crippen LogP contribution is 2.42. The first-order valence-corrected chi connectivity index (χ1v) is 11.8. The molecule has 5 nitrogen and oxygen atoms in total. The summed E-state index contributed by atoms with van der Waals surface area (Å²) >= 11 is 0. The van der Waals surface area contributed by atoms with Gasteiger partial charge < -0.3 is 14.4 Å². The van der Waals surface area contributed by atoms with Crippen molar-refractivity contribution in [3.05, 3.63) is 50.8 Å². The van der Waals surface area contributed by atoms with Crippen LogP contribution in [0.5, 0.6) is 5.75 Å². The molecule has 0 atom stereocenters. The molecule has 0 spiro atoms. The lowest BCUT2D eigenvalue weighted by Gasteiger charge is -2.26. The molecule has 0 unspecified atom stereocenters. The van der Waals surface area contributed by atoms with E-state index in [-0.39, 0.29) is 18.2 Å². The Hall–Kier alpha value is -2.89. The number of nitrogens with zero attached hydrogens (tertiary/aromatic N) is 1. The van der Waals surface area contributed by atoms with Gasteiger partial charge in [-0.2, -0.15) is 0 Å². The maximum absolute atomic E-state index is 15.2. The predicted molar refractivity (Wildman–Crippen MR) is 125 cm³/mol. The van der Waals surface area contributed by atoms with Gasteiger partial charge in [0.05, 0.1) is 19.6 Å². The molecule has 176 valence electrons. The average molecular weight is 454 g/mol. The Morgan fingerprint density at radius 2 is 1.79 bits per heavy atom. The number of carbonyl (C=O) groups is 2. The van der Waals surface area contributed by atoms with Crippen LogP contribution >= 0.6 is 0 Å². The standard InChI is InChI=1S/C27H32FNO4/c1-5-32-25(31)14-23-16(2)19-8-10-29(15-30)11-9-20(19)18(4)26(23)22-13-24(28)27-21(17(22)3)7-6-12-33-27/h13,15H,5-12,14H2,1-4H3. The third-order valence-electron chi connectivity index (χ3n) is 7.18. The predicted octanol–water partition coefficient (Wildman–Crippen LogP) is 4.41. The van der Waals surface area contributed by atoms with Crippen molar-refractivity contribution in [2.45, 2.75) is 59.8 Å². The van der Waals surface area contributed by atoms with Gasteiger partial charge in [0.15, 0.2) is 11.6 Å². The highest BCUT2D eigenvalue weighted by molar-refractivity contribution is 5.84. The largest absolute Gasteiger partial charge is 0.490 e. The molecule has 0 fully saturated rings. The van der Waals surface area contributed by atoms with Gasteiger partial charge in [0, 0.05) is 18.7 Å². The van der Waals surface area contributed by atoms with Gasteiger partial charge in [-0.3, -0.25) is 9.59 Å². The third-order valence-corrected chi connectivity index (χ3v) is 7.18. The molecule has 0 saturated carbocycles. The summed E-state index contributed by atoms with van der Waals surface area (Å²) in [6.07, 6.45) is 4.15. The SMILES string of the molecule is CCOC(=O)Cc1c(C)c2c(c(C)c1-c1cc(F)c3c(c1C)CCCO3)CCN(C=O)CC2. The monoisotopic (exact) mass is 453 g/mol. The summed E-state index contributed by atoms with van der Waals surface area (Å²) in [6, 6.07) is 1.57. The number of fused-ring (bicyclic) bond motifs is 2. The van der Waals surface area contributed by atoms with Crippen molar-refractivity contribution in [3.63, 3.8) is 0 Å². The Morgan fingerprint density at radius 3 is 2.45 bits per heavy atom. The average Bonchev–Trinajstić information content (AvgIpc) is 3.03. The number of carbonyl (C=O) groups excluding carboxylic acids is 2. The van der Waals surface area contributed by atoms with Crippen LogP contribution in [0.1, 0.15) is 52.3 Å². The van der Waals surface area contributed by atoms with E-state index in [0.29, 0.717) is 32.1 Å². The van der Waals surface area contributed by atoms with Gasteiger partial charge in [0.25, 0.3) is 0 Å². The molecule has 33 heavy (non-hydrogen) atoms. The molecule has 1 amide bonds. The Kier molecular flexibility index (Phi) is 6.73. The van der Waals surface area contributed by atoms with E-state index < -0.39 is 0 Å². The lowest BCUT2D eigenvalue weighted by molar-refractivity contribution is -0.142. The minimum absolute atomic E-state index is 0.134. The minimum atomic E-state index is -0.355. The van der Waals surface area contributed by atoms with E-state index in [4.69, 9.17) is 9.47 Å². The summed E-state index contributed by atoms with van der Waals surface area (Å²) in [5.74, 6) is -0.282. The zero-order valence-electron chi connectivity index (χ0n) is 20.0. The molecule has 6 heteroatoms. The van der Waals surface area contributed by atoms with Crippen LogP contribution in [-0.4, -0.2) is 43.6 Å². The van der Waals surface area contributed by atoms with E-state index in [0.717, 1.165) is 71.0 Å². The molecule has 0 aromatic heterocycles. The van der Waals surface area contributed by atoms with Crippen LogP contribution in [0.25, 0.3) is 11.1 Å². The summed E-state index contributed by atoms with van der Waals surface area (Å²) in [4.78, 5) is 25.8. The van der Waals surface area contributed by atoms with Crippen LogP contribution in [0.2, 0.25) is 0 Å². The number of hydrogen-bond donors (Lipinski definition) is 0. The molecule has 0 radical (unpaired) electrons. The molecule has 0 N–H and O–H groups in total. The second-order valence-corrected chi connectivity index (χ2v) is 8.97. The lowest BCUT2D eigenvalue weighted by Crippen LogP contribution is -2.24. The molecule has 0 bridgehead atoms. The molecular formula is C27H32FNO4. The number of hydrogen-bond acceptors (Lipinski definition) is 4. The van der Waals surface area contributed by atoms with Crippen LogP contribution < -0.4 is 4.74 Å². The maximum atomic E-state index is 15.2. The zero-order chi connectivity index (χ0) is 23.7. The quantitative estimate of drug-likeness (QED) is 0.497. The van der Waals surface area contributed by atoms with E-state index in [9.17, 15) is 9.59 Å². The fourth-order valence-corrected chi connectivity index (χ4v) is 5.46. The Bertz CT molecular complexity index is 1110. The van der Waals surface area contributed by atoms with Crippen molar-refractivity contribution in [2.24, 2.45) is 0 Å². The van der Waals surface area contributed by atoms with E-state index in [2.05, 4.69) is 6.92 Å². The first-order chi connectivity index (χ1) is 15.9. The summed E-state index contributed by atoms with van der Waals surface area (Å²) in [7, 11) is 0. The first-order valence-electron chi connectivity index (χ1n) is 11.8. The number of rotatable bonds is 5. The molecular weight excluding hydrogens is 421 g/mol. The second kappa shape index (κ2) is 9.54. The van der Waals surface area contributed by atoms with E-state index in [1.807, 2.05) is 13.8 Å². The molecule has 2 aromatic carbocycles. The zero-order valence-corrected chi connectivity index (χ0v) is 20.0. The molecule has 2 aliphatic heterocycles. The Morgan fingerprint density at radius 1 is 1.09 bits per heavy atom. The van der Waals surface area contributed by atoms with Gasteiger partial charge in [0.2, 0.25) is 6.41 Å². The van der Waals surface area contributed by atoms with Crippen LogP contribution in [0, 0.1) is 26.6 Å². The number of amides is 1. The molecule has 0 aliphatic carbocycles. The summed E-state index contributed by atoms with van der Waals surface area (Å²) in [5.41, 5.74) is 9.04. The van der Waals surface area contributed by atoms with Gasteiger partial charge in [-0.25, -0.2) is 4.39 Å². The number of benzene rings is 2. The van der Waals surface area contributed by atoms with Crippen molar-refractivity contribution in [1.29, 1.82) is 0 Å². The maximum Gasteiger partial charge on any atom is 0.310 e. The van der Waals surface area contributed by atoms with Crippen LogP contribution in [-0.2, 0) is 40.0 Å². The Labute approximate surface area is 194 Å². The molecule has 2 aromatic rings. The topological polar surface area (TPSA) is 55.8 Å². The molecule has 0 saturated heterocycles. The van der Waals surface area contributed by atoms with Crippen molar-refractivity contribution >= 4 is 12.4 Å². The second-order valence-electron chi connectivity index (χ2n) is 8.97. The highest BCUT2D eigenvalue weighted by Gasteiger charge is 2.28. The number of ether oxygens (including phenoxy) is 2. The van der Waals surface area contributed by atoms with E-state index >= 15 is 4.39 Å². The highest BCUT2D eigenvalue weighted by atomic mass is 19.1. The van der Waals surface area contributed by atoms with Gasteiger partial charge in [-0.05, 0) is 104 Å². The van der Waals surface area contributed by atoms with E-state index in [1.165, 1.54) is 11.1 Å². The van der Waals surface area contributed by atoms with Gasteiger partial charge >= 0.3 is 5.97 Å². The van der Waals surface area contributed by atoms with Crippen molar-refractivity contribution in [3.8, 4) is 16.9 Å². The number of esters is 1. The van der Waals surface area contributed by atoms with Crippen molar-refractivity contribution < 1.29 is 23.5 Å². The van der Waals surface area contributed by atoms with Crippen molar-refractivity contribution in [2.75, 3.05) is 26.3 Å². The Balaban J connectivity index is 1.97. The van der Waals surface area contributed by atoms with Gasteiger partial charge in [-0.1, -0.05) is 0 Å². The van der Waals surface area contributed by atoms with Crippen LogP contribution in [0.3, 0.4) is 0 Å². The molecule has 2 heterocycles. The van der Waals surface area contributed by atoms with Gasteiger partial charge in [0.1, 0.15) is 0 Å². The van der Waals surface area contributed by atoms with E-state index in [1.54, 1.807) is 17.9 Å². The lowest BCUT2D eigenvalue weighted by atomic mass is 9.80. The van der Waals surface area contributed by atoms with Crippen LogP contribution in [0.15, 0.2) is 6.07 Å². The molecule has 4 rings (SSSR count). The normalized spacial score (nSPS) is 15.2. The third kappa shape index (κ3) is 4.23. The fraction of sp³-hybridized carbons (Fsp3) is 0.481. The first kappa shape index (κ1) is 23.3. The van der Waals surface area contributed by atoms with Crippen molar-refractivity contribution in [1.82, 2.24) is 4.90 Å². The number of halogens is 1. The van der Waals surface area contributed by atoms with Gasteiger partial charge in [-0.15, -0.1) is 0 Å².